The number of phenolic OH excluding ortho intramolecular Hbond substituents is 1. The molecule has 0 spiro atoms. The summed E-state index contributed by atoms with van der Waals surface area (Å²) in [6.45, 7) is 1.81. The molecule has 2 saturated carbocycles. The van der Waals surface area contributed by atoms with Gasteiger partial charge in [0.1, 0.15) is 5.75 Å². The maximum absolute atomic E-state index is 12.6. The highest BCUT2D eigenvalue weighted by molar-refractivity contribution is 5.82. The van der Waals surface area contributed by atoms with Gasteiger partial charge < -0.3 is 10.0 Å². The maximum atomic E-state index is 12.6. The Morgan fingerprint density at radius 1 is 1.00 bits per heavy atom. The first-order chi connectivity index (χ1) is 10.2. The van der Waals surface area contributed by atoms with Gasteiger partial charge in [-0.25, -0.2) is 0 Å². The van der Waals surface area contributed by atoms with Gasteiger partial charge in [-0.15, -0.1) is 0 Å². The highest BCUT2D eigenvalue weighted by Gasteiger charge is 2.57. The zero-order valence-electron chi connectivity index (χ0n) is 12.4. The summed E-state index contributed by atoms with van der Waals surface area (Å²) in [6.07, 6.45) is 6.01. The van der Waals surface area contributed by atoms with E-state index in [9.17, 15) is 9.90 Å². The van der Waals surface area contributed by atoms with E-state index >= 15 is 0 Å². The Kier molecular flexibility index (Phi) is 3.16. The second-order valence-corrected chi connectivity index (χ2v) is 6.98. The van der Waals surface area contributed by atoms with Crippen LogP contribution in [0.2, 0.25) is 0 Å². The third-order valence-electron chi connectivity index (χ3n) is 5.86. The van der Waals surface area contributed by atoms with Crippen LogP contribution in [0, 0.1) is 17.8 Å². The van der Waals surface area contributed by atoms with Crippen LogP contribution in [-0.4, -0.2) is 29.0 Å². The molecule has 1 saturated heterocycles. The van der Waals surface area contributed by atoms with E-state index in [1.165, 1.54) is 24.8 Å². The minimum atomic E-state index is 0.326. The molecule has 0 radical (unpaired) electrons. The summed E-state index contributed by atoms with van der Waals surface area (Å²) in [7, 11) is 0. The molecule has 21 heavy (non-hydrogen) atoms. The van der Waals surface area contributed by atoms with E-state index in [4.69, 9.17) is 0 Å². The van der Waals surface area contributed by atoms with E-state index in [2.05, 4.69) is 4.90 Å². The molecule has 0 bridgehead atoms. The number of likely N-dealkylation sites (tertiary alicyclic amines) is 1. The molecule has 112 valence electrons. The van der Waals surface area contributed by atoms with Crippen LogP contribution in [0.5, 0.6) is 5.75 Å². The molecule has 2 unspecified atom stereocenters. The molecule has 1 N–H and O–H groups in total. The normalized spacial score (nSPS) is 32.0. The minimum absolute atomic E-state index is 0.326. The number of rotatable bonds is 2. The molecule has 2 aliphatic carbocycles. The first-order valence-electron chi connectivity index (χ1n) is 8.32. The molecular formula is C18H23NO2. The molecule has 4 rings (SSSR count). The lowest BCUT2D eigenvalue weighted by Crippen LogP contribution is -2.39. The number of carbonyl (C=O) groups excluding carboxylic acids is 1. The Bertz CT molecular complexity index is 521. The second kappa shape index (κ2) is 5.04. The topological polar surface area (TPSA) is 40.5 Å². The summed E-state index contributed by atoms with van der Waals surface area (Å²) in [5, 5.41) is 9.36. The zero-order valence-corrected chi connectivity index (χ0v) is 12.4. The van der Waals surface area contributed by atoms with Crippen molar-refractivity contribution in [1.29, 1.82) is 0 Å². The van der Waals surface area contributed by atoms with E-state index in [1.54, 1.807) is 12.1 Å². The fraction of sp³-hybridized carbons (Fsp3) is 0.611. The van der Waals surface area contributed by atoms with Crippen molar-refractivity contribution in [2.24, 2.45) is 17.8 Å². The standard InChI is InChI=1S/C18H23NO2/c20-14-6-4-12(5-7-14)13-8-10-19(11-9-13)18(21)17-15-2-1-3-16(15)17/h4-7,13,15-17,20H,1-3,8-11H2. The summed E-state index contributed by atoms with van der Waals surface area (Å²) in [5.74, 6) is 3.14. The molecular weight excluding hydrogens is 262 g/mol. The summed E-state index contributed by atoms with van der Waals surface area (Å²) in [6, 6.07) is 7.56. The van der Waals surface area contributed by atoms with Crippen molar-refractivity contribution in [2.45, 2.75) is 38.0 Å². The fourth-order valence-electron chi connectivity index (χ4n) is 4.58. The highest BCUT2D eigenvalue weighted by Crippen LogP contribution is 2.58. The third-order valence-corrected chi connectivity index (χ3v) is 5.86. The van der Waals surface area contributed by atoms with Crippen molar-refractivity contribution in [3.8, 4) is 5.75 Å². The predicted molar refractivity (Wildman–Crippen MR) is 81.0 cm³/mol. The number of piperidine rings is 1. The van der Waals surface area contributed by atoms with E-state index < -0.39 is 0 Å². The molecule has 0 aromatic heterocycles. The van der Waals surface area contributed by atoms with Crippen LogP contribution in [0.3, 0.4) is 0 Å². The van der Waals surface area contributed by atoms with E-state index in [-0.39, 0.29) is 0 Å². The van der Waals surface area contributed by atoms with Crippen LogP contribution in [-0.2, 0) is 4.79 Å². The molecule has 1 aromatic carbocycles. The average molecular weight is 285 g/mol. The van der Waals surface area contributed by atoms with Gasteiger partial charge in [-0.05, 0) is 61.1 Å². The van der Waals surface area contributed by atoms with Crippen LogP contribution in [0.1, 0.15) is 43.6 Å². The molecule has 1 heterocycles. The zero-order chi connectivity index (χ0) is 14.4. The first kappa shape index (κ1) is 13.2. The van der Waals surface area contributed by atoms with Gasteiger partial charge in [0.2, 0.25) is 5.91 Å². The summed E-state index contributed by atoms with van der Waals surface area (Å²) >= 11 is 0. The van der Waals surface area contributed by atoms with Gasteiger partial charge in [0.05, 0.1) is 0 Å². The van der Waals surface area contributed by atoms with Crippen molar-refractivity contribution in [3.63, 3.8) is 0 Å². The summed E-state index contributed by atoms with van der Waals surface area (Å²) < 4.78 is 0. The Morgan fingerprint density at radius 3 is 2.24 bits per heavy atom. The minimum Gasteiger partial charge on any atom is -0.508 e. The lowest BCUT2D eigenvalue weighted by Gasteiger charge is -2.32. The second-order valence-electron chi connectivity index (χ2n) is 6.98. The van der Waals surface area contributed by atoms with Gasteiger partial charge >= 0.3 is 0 Å². The predicted octanol–water partition coefficient (Wildman–Crippen LogP) is 3.14. The van der Waals surface area contributed by atoms with Gasteiger partial charge in [0, 0.05) is 19.0 Å². The van der Waals surface area contributed by atoms with Crippen LogP contribution in [0.25, 0.3) is 0 Å². The Balaban J connectivity index is 1.34. The van der Waals surface area contributed by atoms with Crippen LogP contribution in [0.15, 0.2) is 24.3 Å². The van der Waals surface area contributed by atoms with Crippen molar-refractivity contribution >= 4 is 5.91 Å². The smallest absolute Gasteiger partial charge is 0.226 e. The molecule has 2 atom stereocenters. The number of amides is 1. The number of phenols is 1. The summed E-state index contributed by atoms with van der Waals surface area (Å²) in [5.41, 5.74) is 1.29. The van der Waals surface area contributed by atoms with Crippen molar-refractivity contribution < 1.29 is 9.90 Å². The first-order valence-corrected chi connectivity index (χ1v) is 8.32. The monoisotopic (exact) mass is 285 g/mol. The van der Waals surface area contributed by atoms with Gasteiger partial charge in [-0.1, -0.05) is 18.6 Å². The van der Waals surface area contributed by atoms with Gasteiger partial charge in [-0.3, -0.25) is 4.79 Å². The lowest BCUT2D eigenvalue weighted by molar-refractivity contribution is -0.134. The number of carbonyl (C=O) groups is 1. The van der Waals surface area contributed by atoms with E-state index in [0.29, 0.717) is 23.5 Å². The number of nitrogens with zero attached hydrogens (tertiary/aromatic N) is 1. The number of benzene rings is 1. The lowest BCUT2D eigenvalue weighted by atomic mass is 9.89. The fourth-order valence-corrected chi connectivity index (χ4v) is 4.58. The average Bonchev–Trinajstić information content (AvgIpc) is 2.99. The highest BCUT2D eigenvalue weighted by atomic mass is 16.3. The number of aromatic hydroxyl groups is 1. The molecule has 3 fully saturated rings. The molecule has 1 amide bonds. The molecule has 3 aliphatic rings. The van der Waals surface area contributed by atoms with Crippen molar-refractivity contribution in [2.75, 3.05) is 13.1 Å². The molecule has 1 aromatic rings. The number of hydrogen-bond acceptors (Lipinski definition) is 2. The van der Waals surface area contributed by atoms with Crippen LogP contribution in [0.4, 0.5) is 0 Å². The van der Waals surface area contributed by atoms with Gasteiger partial charge in [0.15, 0.2) is 0 Å². The molecule has 3 nitrogen and oxygen atoms in total. The quantitative estimate of drug-likeness (QED) is 0.907. The van der Waals surface area contributed by atoms with Crippen LogP contribution >= 0.6 is 0 Å². The van der Waals surface area contributed by atoms with Crippen molar-refractivity contribution in [3.05, 3.63) is 29.8 Å². The Labute approximate surface area is 126 Å². The number of fused-ring (bicyclic) bond motifs is 1. The number of hydrogen-bond donors (Lipinski definition) is 1. The third kappa shape index (κ3) is 2.33. The van der Waals surface area contributed by atoms with Crippen molar-refractivity contribution in [1.82, 2.24) is 4.90 Å². The SMILES string of the molecule is O=C(C1C2CCCC21)N1CCC(c2ccc(O)cc2)CC1. The van der Waals surface area contributed by atoms with E-state index in [0.717, 1.165) is 37.8 Å². The summed E-state index contributed by atoms with van der Waals surface area (Å²) in [4.78, 5) is 14.7. The maximum Gasteiger partial charge on any atom is 0.226 e. The molecule has 1 aliphatic heterocycles. The molecule has 3 heteroatoms. The Hall–Kier alpha value is -1.51. The van der Waals surface area contributed by atoms with E-state index in [1.807, 2.05) is 12.1 Å². The van der Waals surface area contributed by atoms with Gasteiger partial charge in [0.25, 0.3) is 0 Å². The van der Waals surface area contributed by atoms with Crippen LogP contribution < -0.4 is 0 Å². The van der Waals surface area contributed by atoms with Gasteiger partial charge in [-0.2, -0.15) is 0 Å². The largest absolute Gasteiger partial charge is 0.508 e. The Morgan fingerprint density at radius 2 is 1.62 bits per heavy atom.